The number of nitrogens with zero attached hydrogens (tertiary/aromatic N) is 2. The summed E-state index contributed by atoms with van der Waals surface area (Å²) in [6, 6.07) is 6.10. The molecule has 0 saturated carbocycles. The number of hydrogen-bond donors (Lipinski definition) is 1. The lowest BCUT2D eigenvalue weighted by atomic mass is 10.2. The van der Waals surface area contributed by atoms with Crippen molar-refractivity contribution in [1.29, 1.82) is 0 Å². The molecule has 0 unspecified atom stereocenters. The number of benzene rings is 1. The lowest BCUT2D eigenvalue weighted by Crippen LogP contribution is -1.98. The average molecular weight is 271 g/mol. The molecule has 5 nitrogen and oxygen atoms in total. The van der Waals surface area contributed by atoms with Crippen LogP contribution in [0.25, 0.3) is 0 Å². The van der Waals surface area contributed by atoms with Crippen molar-refractivity contribution in [3.05, 3.63) is 39.9 Å². The zero-order chi connectivity index (χ0) is 12.3. The molecule has 0 radical (unpaired) electrons. The summed E-state index contributed by atoms with van der Waals surface area (Å²) in [7, 11) is 0. The molecular weight excluding hydrogens is 264 g/mol. The molecule has 1 aromatic heterocycles. The Hall–Kier alpha value is -1.66. The van der Waals surface area contributed by atoms with E-state index in [1.807, 2.05) is 0 Å². The number of carboxylic acid groups (broad SMARTS) is 1. The van der Waals surface area contributed by atoms with E-state index in [1.165, 1.54) is 12.1 Å². The van der Waals surface area contributed by atoms with Crippen molar-refractivity contribution in [1.82, 2.24) is 9.59 Å². The van der Waals surface area contributed by atoms with Crippen LogP contribution in [-0.2, 0) is 6.61 Å². The molecule has 2 rings (SSSR count). The highest BCUT2D eigenvalue weighted by Gasteiger charge is 2.06. The van der Waals surface area contributed by atoms with Gasteiger partial charge in [-0.1, -0.05) is 16.1 Å². The van der Waals surface area contributed by atoms with Crippen molar-refractivity contribution in [2.75, 3.05) is 0 Å². The number of carbonyl (C=O) groups is 1. The molecule has 0 aliphatic heterocycles. The first-order valence-electron chi connectivity index (χ1n) is 4.59. The zero-order valence-corrected chi connectivity index (χ0v) is 10.0. The van der Waals surface area contributed by atoms with Crippen molar-refractivity contribution in [3.63, 3.8) is 0 Å². The Labute approximate surface area is 106 Å². The van der Waals surface area contributed by atoms with E-state index in [0.29, 0.717) is 15.8 Å². The number of aromatic carboxylic acids is 1. The Morgan fingerprint density at radius 3 is 2.65 bits per heavy atom. The SMILES string of the molecule is O=C(O)c1ccc(OCc2nnsc2Cl)cc1. The first-order valence-corrected chi connectivity index (χ1v) is 5.75. The molecule has 0 fully saturated rings. The van der Waals surface area contributed by atoms with E-state index in [-0.39, 0.29) is 12.2 Å². The van der Waals surface area contributed by atoms with Gasteiger partial charge in [0.2, 0.25) is 0 Å². The summed E-state index contributed by atoms with van der Waals surface area (Å²) in [5, 5.41) is 12.5. The molecule has 1 heterocycles. The molecule has 2 aromatic rings. The van der Waals surface area contributed by atoms with Crippen molar-refractivity contribution in [2.45, 2.75) is 6.61 Å². The van der Waals surface area contributed by atoms with Crippen LogP contribution in [0.5, 0.6) is 5.75 Å². The largest absolute Gasteiger partial charge is 0.487 e. The van der Waals surface area contributed by atoms with E-state index in [0.717, 1.165) is 11.5 Å². The molecule has 0 atom stereocenters. The number of ether oxygens (including phenoxy) is 1. The van der Waals surface area contributed by atoms with Crippen molar-refractivity contribution >= 4 is 29.1 Å². The van der Waals surface area contributed by atoms with Crippen LogP contribution >= 0.6 is 23.1 Å². The van der Waals surface area contributed by atoms with Gasteiger partial charge in [-0.25, -0.2) is 4.79 Å². The topological polar surface area (TPSA) is 72.3 Å². The Balaban J connectivity index is 2.00. The number of rotatable bonds is 4. The van der Waals surface area contributed by atoms with Crippen LogP contribution < -0.4 is 4.74 Å². The Morgan fingerprint density at radius 2 is 2.12 bits per heavy atom. The maximum Gasteiger partial charge on any atom is 0.335 e. The van der Waals surface area contributed by atoms with Gasteiger partial charge in [-0.15, -0.1) is 5.10 Å². The number of carboxylic acids is 1. The van der Waals surface area contributed by atoms with E-state index < -0.39 is 5.97 Å². The Morgan fingerprint density at radius 1 is 1.41 bits per heavy atom. The molecule has 0 amide bonds. The lowest BCUT2D eigenvalue weighted by Gasteiger charge is -2.04. The maximum absolute atomic E-state index is 10.6. The fraction of sp³-hybridized carbons (Fsp3) is 0.100. The number of hydrogen-bond acceptors (Lipinski definition) is 5. The van der Waals surface area contributed by atoms with Crippen LogP contribution in [-0.4, -0.2) is 20.7 Å². The van der Waals surface area contributed by atoms with Crippen LogP contribution in [0.3, 0.4) is 0 Å². The minimum absolute atomic E-state index is 0.210. The Bertz CT molecular complexity index is 527. The lowest BCUT2D eigenvalue weighted by molar-refractivity contribution is 0.0697. The third-order valence-corrected chi connectivity index (χ3v) is 2.97. The summed E-state index contributed by atoms with van der Waals surface area (Å²) in [5.41, 5.74) is 0.782. The van der Waals surface area contributed by atoms with Gasteiger partial charge in [0.1, 0.15) is 22.4 Å². The van der Waals surface area contributed by atoms with Crippen LogP contribution in [0.15, 0.2) is 24.3 Å². The monoisotopic (exact) mass is 270 g/mol. The number of halogens is 1. The van der Waals surface area contributed by atoms with Gasteiger partial charge in [0.15, 0.2) is 0 Å². The normalized spacial score (nSPS) is 10.2. The second-order valence-electron chi connectivity index (χ2n) is 3.11. The molecule has 0 aliphatic rings. The number of aromatic nitrogens is 2. The van der Waals surface area contributed by atoms with Crippen LogP contribution in [0.4, 0.5) is 0 Å². The molecule has 0 bridgehead atoms. The van der Waals surface area contributed by atoms with Gasteiger partial charge in [-0.3, -0.25) is 0 Å². The van der Waals surface area contributed by atoms with Gasteiger partial charge in [0, 0.05) is 11.5 Å². The molecular formula is C10H7ClN2O3S. The summed E-state index contributed by atoms with van der Waals surface area (Å²) < 4.78 is 9.56. The van der Waals surface area contributed by atoms with E-state index in [4.69, 9.17) is 21.4 Å². The highest BCUT2D eigenvalue weighted by atomic mass is 35.5. The third-order valence-electron chi connectivity index (χ3n) is 1.99. The van der Waals surface area contributed by atoms with E-state index in [9.17, 15) is 4.79 Å². The van der Waals surface area contributed by atoms with Crippen LogP contribution in [0.1, 0.15) is 16.1 Å². The summed E-state index contributed by atoms with van der Waals surface area (Å²) in [6.07, 6.45) is 0. The van der Waals surface area contributed by atoms with Crippen molar-refractivity contribution in [2.24, 2.45) is 0 Å². The molecule has 7 heteroatoms. The van der Waals surface area contributed by atoms with Crippen LogP contribution in [0.2, 0.25) is 4.34 Å². The van der Waals surface area contributed by atoms with Gasteiger partial charge >= 0.3 is 5.97 Å². The second-order valence-corrected chi connectivity index (χ2v) is 4.47. The van der Waals surface area contributed by atoms with Crippen molar-refractivity contribution < 1.29 is 14.6 Å². The van der Waals surface area contributed by atoms with Gasteiger partial charge in [-0.05, 0) is 24.3 Å². The second kappa shape index (κ2) is 5.11. The fourth-order valence-corrected chi connectivity index (χ4v) is 1.73. The highest BCUT2D eigenvalue weighted by molar-refractivity contribution is 7.10. The first-order chi connectivity index (χ1) is 8.16. The predicted octanol–water partition coefficient (Wildman–Crippen LogP) is 2.47. The molecule has 88 valence electrons. The molecule has 1 aromatic carbocycles. The van der Waals surface area contributed by atoms with Gasteiger partial charge in [0.05, 0.1) is 5.56 Å². The van der Waals surface area contributed by atoms with Gasteiger partial charge in [-0.2, -0.15) is 0 Å². The van der Waals surface area contributed by atoms with E-state index in [1.54, 1.807) is 12.1 Å². The summed E-state index contributed by atoms with van der Waals surface area (Å²) in [6.45, 7) is 0.210. The first kappa shape index (κ1) is 11.8. The molecule has 0 saturated heterocycles. The van der Waals surface area contributed by atoms with Crippen LogP contribution in [0, 0.1) is 0 Å². The Kier molecular flexibility index (Phi) is 3.55. The molecule has 0 spiro atoms. The van der Waals surface area contributed by atoms with Gasteiger partial charge < -0.3 is 9.84 Å². The van der Waals surface area contributed by atoms with Gasteiger partial charge in [0.25, 0.3) is 0 Å². The minimum atomic E-state index is -0.969. The third kappa shape index (κ3) is 2.92. The van der Waals surface area contributed by atoms with Crippen molar-refractivity contribution in [3.8, 4) is 5.75 Å². The zero-order valence-electron chi connectivity index (χ0n) is 8.46. The summed E-state index contributed by atoms with van der Waals surface area (Å²) in [5.74, 6) is -0.414. The average Bonchev–Trinajstić information content (AvgIpc) is 2.73. The molecule has 17 heavy (non-hydrogen) atoms. The minimum Gasteiger partial charge on any atom is -0.487 e. The fourth-order valence-electron chi connectivity index (χ4n) is 1.13. The summed E-state index contributed by atoms with van der Waals surface area (Å²) >= 11 is 6.90. The predicted molar refractivity (Wildman–Crippen MR) is 62.7 cm³/mol. The maximum atomic E-state index is 10.6. The highest BCUT2D eigenvalue weighted by Crippen LogP contribution is 2.20. The summed E-state index contributed by atoms with van der Waals surface area (Å²) in [4.78, 5) is 10.6. The quantitative estimate of drug-likeness (QED) is 0.924. The molecule has 0 aliphatic carbocycles. The van der Waals surface area contributed by atoms with E-state index in [2.05, 4.69) is 9.59 Å². The molecule has 1 N–H and O–H groups in total. The smallest absolute Gasteiger partial charge is 0.335 e. The van der Waals surface area contributed by atoms with E-state index >= 15 is 0 Å². The standard InChI is InChI=1S/C10H7ClN2O3S/c11-9-8(12-13-17-9)5-16-7-3-1-6(2-4-7)10(14)15/h1-4H,5H2,(H,14,15).